The molecular weight excluding hydrogens is 218 g/mol. The lowest BCUT2D eigenvalue weighted by Crippen LogP contribution is -1.92. The lowest BCUT2D eigenvalue weighted by atomic mass is 10.0. The summed E-state index contributed by atoms with van der Waals surface area (Å²) in [5.74, 6) is 0. The van der Waals surface area contributed by atoms with E-state index < -0.39 is 0 Å². The number of aldehydes is 1. The van der Waals surface area contributed by atoms with E-state index in [4.69, 9.17) is 5.73 Å². The number of hydrogen-bond acceptors (Lipinski definition) is 3. The minimum Gasteiger partial charge on any atom is -0.398 e. The lowest BCUT2D eigenvalue weighted by Gasteiger charge is -2.07. The van der Waals surface area contributed by atoms with Gasteiger partial charge in [-0.1, -0.05) is 6.07 Å². The van der Waals surface area contributed by atoms with E-state index in [9.17, 15) is 4.79 Å². The van der Waals surface area contributed by atoms with E-state index in [1.165, 1.54) is 16.9 Å². The Bertz CT molecular complexity index is 520. The van der Waals surface area contributed by atoms with Gasteiger partial charge in [0.25, 0.3) is 0 Å². The molecule has 1 aromatic heterocycles. The van der Waals surface area contributed by atoms with E-state index in [2.05, 4.69) is 6.07 Å². The summed E-state index contributed by atoms with van der Waals surface area (Å²) in [4.78, 5) is 12.4. The van der Waals surface area contributed by atoms with Crippen LogP contribution in [0.25, 0.3) is 10.4 Å². The molecule has 3 heteroatoms. The molecule has 1 aromatic carbocycles. The zero-order valence-electron chi connectivity index (χ0n) is 9.28. The predicted molar refractivity (Wildman–Crippen MR) is 69.0 cm³/mol. The van der Waals surface area contributed by atoms with Crippen LogP contribution in [0.2, 0.25) is 0 Å². The van der Waals surface area contributed by atoms with Crippen molar-refractivity contribution in [3.05, 3.63) is 40.3 Å². The second-order valence-electron chi connectivity index (χ2n) is 3.83. The minimum atomic E-state index is 0.742. The molecule has 0 saturated carbocycles. The van der Waals surface area contributed by atoms with Crippen LogP contribution in [-0.2, 0) is 0 Å². The van der Waals surface area contributed by atoms with Crippen molar-refractivity contribution in [2.24, 2.45) is 0 Å². The van der Waals surface area contributed by atoms with Gasteiger partial charge in [-0.05, 0) is 48.7 Å². The van der Waals surface area contributed by atoms with Gasteiger partial charge in [0.15, 0.2) is 6.29 Å². The molecule has 2 rings (SSSR count). The van der Waals surface area contributed by atoms with Crippen molar-refractivity contribution >= 4 is 23.3 Å². The number of benzene rings is 1. The predicted octanol–water partition coefficient (Wildman–Crippen LogP) is 3.43. The standard InChI is InChI=1S/C13H13NOS/c1-8-5-10(6-12(14)9(8)2)13-4-3-11(7-15)16-13/h3-7H,14H2,1-2H3. The zero-order valence-corrected chi connectivity index (χ0v) is 10.1. The van der Waals surface area contributed by atoms with E-state index in [1.54, 1.807) is 0 Å². The van der Waals surface area contributed by atoms with Crippen molar-refractivity contribution in [2.75, 3.05) is 5.73 Å². The highest BCUT2D eigenvalue weighted by molar-refractivity contribution is 7.17. The first-order valence-corrected chi connectivity index (χ1v) is 5.85. The fourth-order valence-corrected chi connectivity index (χ4v) is 2.41. The smallest absolute Gasteiger partial charge is 0.160 e. The summed E-state index contributed by atoms with van der Waals surface area (Å²) in [6.07, 6.45) is 0.874. The van der Waals surface area contributed by atoms with Crippen LogP contribution in [0.5, 0.6) is 0 Å². The summed E-state index contributed by atoms with van der Waals surface area (Å²) in [7, 11) is 0. The fraction of sp³-hybridized carbons (Fsp3) is 0.154. The SMILES string of the molecule is Cc1cc(-c2ccc(C=O)s2)cc(N)c1C. The third-order valence-corrected chi connectivity index (χ3v) is 3.79. The van der Waals surface area contributed by atoms with Gasteiger partial charge in [-0.3, -0.25) is 4.79 Å². The monoisotopic (exact) mass is 231 g/mol. The van der Waals surface area contributed by atoms with E-state index >= 15 is 0 Å². The summed E-state index contributed by atoms with van der Waals surface area (Å²) in [6, 6.07) is 7.85. The van der Waals surface area contributed by atoms with Crippen molar-refractivity contribution in [1.29, 1.82) is 0 Å². The first-order valence-electron chi connectivity index (χ1n) is 5.04. The summed E-state index contributed by atoms with van der Waals surface area (Å²) in [6.45, 7) is 4.06. The van der Waals surface area contributed by atoms with Gasteiger partial charge in [-0.25, -0.2) is 0 Å². The number of nitrogen functional groups attached to an aromatic ring is 1. The number of carbonyl (C=O) groups excluding carboxylic acids is 1. The molecule has 0 amide bonds. The maximum absolute atomic E-state index is 10.6. The molecule has 0 saturated heterocycles. The van der Waals surface area contributed by atoms with Gasteiger partial charge in [0.1, 0.15) is 0 Å². The van der Waals surface area contributed by atoms with Crippen LogP contribution in [0.1, 0.15) is 20.8 Å². The molecule has 0 bridgehead atoms. The van der Waals surface area contributed by atoms with Gasteiger partial charge < -0.3 is 5.73 Å². The zero-order chi connectivity index (χ0) is 11.7. The highest BCUT2D eigenvalue weighted by Crippen LogP contribution is 2.31. The van der Waals surface area contributed by atoms with Crippen LogP contribution in [-0.4, -0.2) is 6.29 Å². The van der Waals surface area contributed by atoms with Gasteiger partial charge in [-0.15, -0.1) is 11.3 Å². The number of thiophene rings is 1. The van der Waals surface area contributed by atoms with Crippen LogP contribution in [0, 0.1) is 13.8 Å². The molecule has 0 aliphatic rings. The molecule has 2 nitrogen and oxygen atoms in total. The maximum atomic E-state index is 10.6. The second kappa shape index (κ2) is 4.10. The molecule has 2 aromatic rings. The summed E-state index contributed by atoms with van der Waals surface area (Å²) in [5.41, 5.74) is 10.1. The highest BCUT2D eigenvalue weighted by Gasteiger charge is 2.06. The van der Waals surface area contributed by atoms with Gasteiger partial charge in [0.05, 0.1) is 4.88 Å². The van der Waals surface area contributed by atoms with Gasteiger partial charge in [0.2, 0.25) is 0 Å². The first kappa shape index (κ1) is 10.9. The molecule has 16 heavy (non-hydrogen) atoms. The molecule has 0 aliphatic carbocycles. The van der Waals surface area contributed by atoms with Gasteiger partial charge in [0, 0.05) is 10.6 Å². The van der Waals surface area contributed by atoms with Crippen LogP contribution in [0.15, 0.2) is 24.3 Å². The van der Waals surface area contributed by atoms with E-state index in [0.29, 0.717) is 0 Å². The largest absolute Gasteiger partial charge is 0.398 e. The Labute approximate surface area is 98.7 Å². The quantitative estimate of drug-likeness (QED) is 0.635. The molecule has 0 spiro atoms. The van der Waals surface area contributed by atoms with Crippen molar-refractivity contribution < 1.29 is 4.79 Å². The Morgan fingerprint density at radius 1 is 1.25 bits per heavy atom. The second-order valence-corrected chi connectivity index (χ2v) is 4.94. The number of rotatable bonds is 2. The van der Waals surface area contributed by atoms with Gasteiger partial charge in [-0.2, -0.15) is 0 Å². The van der Waals surface area contributed by atoms with Crippen molar-refractivity contribution in [1.82, 2.24) is 0 Å². The molecule has 0 fully saturated rings. The summed E-state index contributed by atoms with van der Waals surface area (Å²) in [5, 5.41) is 0. The number of nitrogens with two attached hydrogens (primary N) is 1. The van der Waals surface area contributed by atoms with Crippen LogP contribution >= 0.6 is 11.3 Å². The normalized spacial score (nSPS) is 10.4. The molecule has 0 aliphatic heterocycles. The number of anilines is 1. The topological polar surface area (TPSA) is 43.1 Å². The fourth-order valence-electron chi connectivity index (χ4n) is 1.60. The summed E-state index contributed by atoms with van der Waals surface area (Å²) < 4.78 is 0. The highest BCUT2D eigenvalue weighted by atomic mass is 32.1. The average molecular weight is 231 g/mol. The third kappa shape index (κ3) is 1.86. The Balaban J connectivity index is 2.52. The Morgan fingerprint density at radius 3 is 2.56 bits per heavy atom. The van der Waals surface area contributed by atoms with Crippen LogP contribution in [0.4, 0.5) is 5.69 Å². The third-order valence-electron chi connectivity index (χ3n) is 2.73. The maximum Gasteiger partial charge on any atom is 0.160 e. The Morgan fingerprint density at radius 2 is 2.00 bits per heavy atom. The number of aryl methyl sites for hydroxylation is 1. The minimum absolute atomic E-state index is 0.742. The van der Waals surface area contributed by atoms with Crippen molar-refractivity contribution in [3.63, 3.8) is 0 Å². The van der Waals surface area contributed by atoms with Crippen LogP contribution in [0.3, 0.4) is 0 Å². The molecule has 82 valence electrons. The van der Waals surface area contributed by atoms with E-state index in [1.807, 2.05) is 32.0 Å². The van der Waals surface area contributed by atoms with Gasteiger partial charge >= 0.3 is 0 Å². The molecule has 1 heterocycles. The average Bonchev–Trinajstić information content (AvgIpc) is 2.73. The van der Waals surface area contributed by atoms with E-state index in [-0.39, 0.29) is 0 Å². The first-order chi connectivity index (χ1) is 7.61. The van der Waals surface area contributed by atoms with Crippen molar-refractivity contribution in [3.8, 4) is 10.4 Å². The molecular formula is C13H13NOS. The Hall–Kier alpha value is -1.61. The van der Waals surface area contributed by atoms with Crippen LogP contribution < -0.4 is 5.73 Å². The van der Waals surface area contributed by atoms with Crippen molar-refractivity contribution in [2.45, 2.75) is 13.8 Å². The molecule has 2 N–H and O–H groups in total. The molecule has 0 radical (unpaired) electrons. The molecule has 0 atom stereocenters. The number of hydrogen-bond donors (Lipinski definition) is 1. The number of carbonyl (C=O) groups is 1. The lowest BCUT2D eigenvalue weighted by molar-refractivity contribution is 0.112. The van der Waals surface area contributed by atoms with E-state index in [0.717, 1.165) is 32.9 Å². The summed E-state index contributed by atoms with van der Waals surface area (Å²) >= 11 is 1.49. The molecule has 0 unspecified atom stereocenters. The Kier molecular flexibility index (Phi) is 2.79.